The molecule has 0 saturated carbocycles. The SMILES string of the molecule is C.COCOC(C)=O. The van der Waals surface area contributed by atoms with Crippen molar-refractivity contribution in [2.75, 3.05) is 13.9 Å². The molecule has 0 bridgehead atoms. The first kappa shape index (κ1) is 10.4. The molecule has 0 aliphatic heterocycles. The molecule has 8 heavy (non-hydrogen) atoms. The van der Waals surface area contributed by atoms with Gasteiger partial charge in [0.05, 0.1) is 0 Å². The molecule has 0 aromatic rings. The summed E-state index contributed by atoms with van der Waals surface area (Å²) in [7, 11) is 1.46. The molecule has 0 radical (unpaired) electrons. The van der Waals surface area contributed by atoms with Crippen molar-refractivity contribution in [3.8, 4) is 0 Å². The van der Waals surface area contributed by atoms with Crippen LogP contribution in [0.2, 0.25) is 0 Å². The molecule has 0 aliphatic rings. The zero-order chi connectivity index (χ0) is 5.70. The van der Waals surface area contributed by atoms with E-state index >= 15 is 0 Å². The predicted molar refractivity (Wildman–Crippen MR) is 30.4 cm³/mol. The second-order valence-corrected chi connectivity index (χ2v) is 1.04. The van der Waals surface area contributed by atoms with Gasteiger partial charge in [0.15, 0.2) is 6.79 Å². The van der Waals surface area contributed by atoms with Gasteiger partial charge < -0.3 is 9.47 Å². The van der Waals surface area contributed by atoms with Gasteiger partial charge in [-0.15, -0.1) is 0 Å². The van der Waals surface area contributed by atoms with Crippen LogP contribution < -0.4 is 0 Å². The molecule has 0 atom stereocenters. The van der Waals surface area contributed by atoms with Gasteiger partial charge in [-0.05, 0) is 0 Å². The van der Waals surface area contributed by atoms with E-state index in [-0.39, 0.29) is 20.2 Å². The Balaban J connectivity index is 0. The first-order valence-electron chi connectivity index (χ1n) is 1.89. The standard InChI is InChI=1S/C4H8O3.CH4/c1-4(5)7-3-6-2;/h3H2,1-2H3;1H4. The van der Waals surface area contributed by atoms with E-state index in [0.717, 1.165) is 0 Å². The third kappa shape index (κ3) is 9.06. The van der Waals surface area contributed by atoms with Crippen molar-refractivity contribution in [2.45, 2.75) is 14.4 Å². The topological polar surface area (TPSA) is 35.5 Å². The van der Waals surface area contributed by atoms with Crippen LogP contribution in [0.15, 0.2) is 0 Å². The number of ether oxygens (including phenoxy) is 2. The Labute approximate surface area is 49.6 Å². The van der Waals surface area contributed by atoms with Crippen LogP contribution in [-0.4, -0.2) is 19.9 Å². The minimum atomic E-state index is -0.318. The zero-order valence-corrected chi connectivity index (χ0v) is 4.43. The Bertz CT molecular complexity index is 60.7. The maximum absolute atomic E-state index is 9.90. The van der Waals surface area contributed by atoms with Gasteiger partial charge in [-0.3, -0.25) is 4.79 Å². The molecule has 0 rings (SSSR count). The summed E-state index contributed by atoms with van der Waals surface area (Å²) in [6.07, 6.45) is 0. The third-order valence-electron chi connectivity index (χ3n) is 0.380. The van der Waals surface area contributed by atoms with Crippen LogP contribution in [0.4, 0.5) is 0 Å². The van der Waals surface area contributed by atoms with Crippen LogP contribution in [0.3, 0.4) is 0 Å². The van der Waals surface area contributed by atoms with Crippen LogP contribution in [0.1, 0.15) is 14.4 Å². The van der Waals surface area contributed by atoms with Crippen LogP contribution in [0, 0.1) is 0 Å². The van der Waals surface area contributed by atoms with E-state index in [0.29, 0.717) is 0 Å². The van der Waals surface area contributed by atoms with Crippen molar-refractivity contribution in [3.63, 3.8) is 0 Å². The predicted octanol–water partition coefficient (Wildman–Crippen LogP) is 0.790. The molecule has 0 unspecified atom stereocenters. The highest BCUT2D eigenvalue weighted by atomic mass is 16.7. The first-order valence-corrected chi connectivity index (χ1v) is 1.89. The van der Waals surface area contributed by atoms with Crippen LogP contribution in [0.25, 0.3) is 0 Å². The molecule has 50 valence electrons. The number of hydrogen-bond acceptors (Lipinski definition) is 3. The fourth-order valence-corrected chi connectivity index (χ4v) is 0.142. The lowest BCUT2D eigenvalue weighted by molar-refractivity contribution is -0.151. The normalized spacial score (nSPS) is 7.25. The summed E-state index contributed by atoms with van der Waals surface area (Å²) >= 11 is 0. The van der Waals surface area contributed by atoms with E-state index in [9.17, 15) is 4.79 Å². The maximum Gasteiger partial charge on any atom is 0.304 e. The van der Waals surface area contributed by atoms with Crippen molar-refractivity contribution >= 4 is 5.97 Å². The highest BCUT2D eigenvalue weighted by Gasteiger charge is 1.85. The van der Waals surface area contributed by atoms with E-state index < -0.39 is 0 Å². The number of carbonyl (C=O) groups is 1. The molecule has 3 heteroatoms. The summed E-state index contributed by atoms with van der Waals surface area (Å²) in [6.45, 7) is 1.38. The second-order valence-electron chi connectivity index (χ2n) is 1.04. The maximum atomic E-state index is 9.90. The third-order valence-corrected chi connectivity index (χ3v) is 0.380. The van der Waals surface area contributed by atoms with Crippen molar-refractivity contribution in [1.82, 2.24) is 0 Å². The first-order chi connectivity index (χ1) is 3.27. The highest BCUT2D eigenvalue weighted by Crippen LogP contribution is 1.72. The molecule has 0 aromatic heterocycles. The average Bonchev–Trinajstić information content (AvgIpc) is 1.61. The van der Waals surface area contributed by atoms with E-state index in [4.69, 9.17) is 0 Å². The molecule has 0 heterocycles. The quantitative estimate of drug-likeness (QED) is 0.399. The number of esters is 1. The van der Waals surface area contributed by atoms with Gasteiger partial charge in [0.25, 0.3) is 0 Å². The Kier molecular flexibility index (Phi) is 8.37. The van der Waals surface area contributed by atoms with Crippen molar-refractivity contribution in [3.05, 3.63) is 0 Å². The largest absolute Gasteiger partial charge is 0.439 e. The average molecular weight is 120 g/mol. The van der Waals surface area contributed by atoms with Crippen LogP contribution in [-0.2, 0) is 14.3 Å². The molecule has 0 saturated heterocycles. The van der Waals surface area contributed by atoms with Gasteiger partial charge in [0, 0.05) is 14.0 Å². The van der Waals surface area contributed by atoms with Gasteiger partial charge in [0.1, 0.15) is 0 Å². The molecular weight excluding hydrogens is 108 g/mol. The molecule has 0 amide bonds. The van der Waals surface area contributed by atoms with Crippen LogP contribution >= 0.6 is 0 Å². The molecule has 0 aromatic carbocycles. The molecule has 0 N–H and O–H groups in total. The van der Waals surface area contributed by atoms with E-state index in [1.807, 2.05) is 0 Å². The van der Waals surface area contributed by atoms with Gasteiger partial charge in [-0.25, -0.2) is 0 Å². The second kappa shape index (κ2) is 6.43. The summed E-state index contributed by atoms with van der Waals surface area (Å²) in [5.74, 6) is -0.318. The minimum Gasteiger partial charge on any atom is -0.439 e. The van der Waals surface area contributed by atoms with Gasteiger partial charge in [-0.2, -0.15) is 0 Å². The summed E-state index contributed by atoms with van der Waals surface area (Å²) in [6, 6.07) is 0. The summed E-state index contributed by atoms with van der Waals surface area (Å²) in [5, 5.41) is 0. The number of methoxy groups -OCH3 is 1. The zero-order valence-electron chi connectivity index (χ0n) is 4.43. The van der Waals surface area contributed by atoms with E-state index in [1.165, 1.54) is 14.0 Å². The van der Waals surface area contributed by atoms with E-state index in [1.54, 1.807) is 0 Å². The highest BCUT2D eigenvalue weighted by molar-refractivity contribution is 5.65. The lowest BCUT2D eigenvalue weighted by Crippen LogP contribution is -2.00. The summed E-state index contributed by atoms with van der Waals surface area (Å²) < 4.78 is 8.74. The Hall–Kier alpha value is -0.570. The smallest absolute Gasteiger partial charge is 0.304 e. The molecule has 0 fully saturated rings. The number of carbonyl (C=O) groups excluding carboxylic acids is 1. The lowest BCUT2D eigenvalue weighted by Gasteiger charge is -1.95. The molecule has 0 aliphatic carbocycles. The lowest BCUT2D eigenvalue weighted by atomic mass is 10.8. The summed E-state index contributed by atoms with van der Waals surface area (Å²) in [4.78, 5) is 9.90. The van der Waals surface area contributed by atoms with Crippen molar-refractivity contribution < 1.29 is 14.3 Å². The fraction of sp³-hybridized carbons (Fsp3) is 0.800. The van der Waals surface area contributed by atoms with Gasteiger partial charge in [-0.1, -0.05) is 7.43 Å². The van der Waals surface area contributed by atoms with Gasteiger partial charge in [0.2, 0.25) is 0 Å². The Morgan fingerprint density at radius 2 is 2.12 bits per heavy atom. The van der Waals surface area contributed by atoms with Crippen molar-refractivity contribution in [1.29, 1.82) is 0 Å². The van der Waals surface area contributed by atoms with Gasteiger partial charge >= 0.3 is 5.97 Å². The molecular formula is C5H12O3. The Morgan fingerprint density at radius 3 is 2.25 bits per heavy atom. The summed E-state index contributed by atoms with van der Waals surface area (Å²) in [5.41, 5.74) is 0. The van der Waals surface area contributed by atoms with Crippen LogP contribution in [0.5, 0.6) is 0 Å². The molecule has 0 spiro atoms. The Morgan fingerprint density at radius 1 is 1.62 bits per heavy atom. The van der Waals surface area contributed by atoms with E-state index in [2.05, 4.69) is 9.47 Å². The number of hydrogen-bond donors (Lipinski definition) is 0. The fourth-order valence-electron chi connectivity index (χ4n) is 0.142. The minimum absolute atomic E-state index is 0. The van der Waals surface area contributed by atoms with Crippen molar-refractivity contribution in [2.24, 2.45) is 0 Å². The monoisotopic (exact) mass is 120 g/mol. The number of rotatable bonds is 2. The molecule has 3 nitrogen and oxygen atoms in total.